The van der Waals surface area contributed by atoms with Crippen molar-refractivity contribution < 1.29 is 4.79 Å². The maximum absolute atomic E-state index is 13.1. The predicted octanol–water partition coefficient (Wildman–Crippen LogP) is 3.11. The molecule has 5 nitrogen and oxygen atoms in total. The third-order valence-electron chi connectivity index (χ3n) is 5.91. The normalized spacial score (nSPS) is 13.9. The van der Waals surface area contributed by atoms with Gasteiger partial charge in [0.25, 0.3) is 0 Å². The molecule has 0 radical (unpaired) electrons. The van der Waals surface area contributed by atoms with Crippen molar-refractivity contribution in [3.05, 3.63) is 65.2 Å². The molecule has 5 heteroatoms. The van der Waals surface area contributed by atoms with Crippen molar-refractivity contribution in [2.75, 3.05) is 58.7 Å². The first-order chi connectivity index (χ1) is 14.6. The summed E-state index contributed by atoms with van der Waals surface area (Å²) in [6, 6.07) is 16.8. The number of carbonyl (C=O) groups excluding carboxylic acids is 1. The van der Waals surface area contributed by atoms with Gasteiger partial charge in [0.1, 0.15) is 0 Å². The second-order valence-electron chi connectivity index (χ2n) is 8.34. The second-order valence-corrected chi connectivity index (χ2v) is 8.34. The molecular weight excluding hydrogens is 372 g/mol. The lowest BCUT2D eigenvalue weighted by atomic mass is 9.98. The summed E-state index contributed by atoms with van der Waals surface area (Å²) < 4.78 is 0. The molecule has 1 heterocycles. The highest BCUT2D eigenvalue weighted by atomic mass is 16.2. The first-order valence-electron chi connectivity index (χ1n) is 11.1. The van der Waals surface area contributed by atoms with Gasteiger partial charge >= 0.3 is 0 Å². The number of anilines is 1. The Morgan fingerprint density at radius 2 is 1.83 bits per heavy atom. The number of rotatable bonds is 10. The summed E-state index contributed by atoms with van der Waals surface area (Å²) in [5, 5.41) is 3.45. The smallest absolute Gasteiger partial charge is 0.241 e. The van der Waals surface area contributed by atoms with Crippen LogP contribution in [0.25, 0.3) is 0 Å². The van der Waals surface area contributed by atoms with Gasteiger partial charge < -0.3 is 15.1 Å². The van der Waals surface area contributed by atoms with Crippen molar-refractivity contribution >= 4 is 11.6 Å². The largest absolute Gasteiger partial charge is 0.376 e. The molecule has 162 valence electrons. The van der Waals surface area contributed by atoms with E-state index in [-0.39, 0.29) is 5.91 Å². The molecule has 0 saturated heterocycles. The Morgan fingerprint density at radius 1 is 1.03 bits per heavy atom. The highest BCUT2D eigenvalue weighted by Crippen LogP contribution is 2.26. The van der Waals surface area contributed by atoms with E-state index in [0.717, 1.165) is 57.8 Å². The Morgan fingerprint density at radius 3 is 2.57 bits per heavy atom. The molecule has 0 unspecified atom stereocenters. The van der Waals surface area contributed by atoms with E-state index in [1.807, 2.05) is 25.1 Å². The van der Waals surface area contributed by atoms with E-state index in [1.54, 1.807) is 0 Å². The van der Waals surface area contributed by atoms with Crippen molar-refractivity contribution in [1.29, 1.82) is 0 Å². The average molecular weight is 409 g/mol. The van der Waals surface area contributed by atoms with Gasteiger partial charge in [-0.3, -0.25) is 9.69 Å². The van der Waals surface area contributed by atoms with Crippen LogP contribution in [0.1, 0.15) is 23.6 Å². The van der Waals surface area contributed by atoms with Gasteiger partial charge in [-0.2, -0.15) is 0 Å². The van der Waals surface area contributed by atoms with Crippen LogP contribution in [0.2, 0.25) is 0 Å². The maximum atomic E-state index is 13.1. The summed E-state index contributed by atoms with van der Waals surface area (Å²) in [7, 11) is 4.10. The van der Waals surface area contributed by atoms with E-state index < -0.39 is 0 Å². The molecular formula is C25H36N4O. The van der Waals surface area contributed by atoms with Crippen molar-refractivity contribution in [1.82, 2.24) is 14.7 Å². The molecule has 0 fully saturated rings. The van der Waals surface area contributed by atoms with Crippen LogP contribution in [-0.2, 0) is 24.2 Å². The third-order valence-corrected chi connectivity index (χ3v) is 5.91. The van der Waals surface area contributed by atoms with Crippen LogP contribution < -0.4 is 5.32 Å². The number of amides is 1. The van der Waals surface area contributed by atoms with Crippen LogP contribution in [0.4, 0.5) is 5.69 Å². The number of hydrogen-bond donors (Lipinski definition) is 1. The number of benzene rings is 2. The number of nitrogens with one attached hydrogen (secondary N) is 1. The average Bonchev–Trinajstić information content (AvgIpc) is 2.77. The van der Waals surface area contributed by atoms with Crippen LogP contribution in [0.3, 0.4) is 0 Å². The standard InChI is InChI=1S/C25H36N4O/c1-4-28-15-14-22-11-8-12-24(23(22)20-28)26-19-25(30)29(18-17-27(2)3)16-13-21-9-6-5-7-10-21/h5-12,26H,4,13-20H2,1-3H3. The second kappa shape index (κ2) is 11.1. The molecule has 2 aromatic rings. The summed E-state index contributed by atoms with van der Waals surface area (Å²) in [4.78, 5) is 19.7. The number of carbonyl (C=O) groups is 1. The van der Waals surface area contributed by atoms with Gasteiger partial charge in [-0.1, -0.05) is 49.4 Å². The summed E-state index contributed by atoms with van der Waals surface area (Å²) in [5.74, 6) is 0.161. The first kappa shape index (κ1) is 22.3. The Bertz CT molecular complexity index is 806. The predicted molar refractivity (Wildman–Crippen MR) is 125 cm³/mol. The van der Waals surface area contributed by atoms with Gasteiger partial charge in [-0.25, -0.2) is 0 Å². The van der Waals surface area contributed by atoms with Crippen molar-refractivity contribution in [3.8, 4) is 0 Å². The van der Waals surface area contributed by atoms with Gasteiger partial charge in [-0.05, 0) is 56.2 Å². The van der Waals surface area contributed by atoms with E-state index in [1.165, 1.54) is 16.7 Å². The fourth-order valence-electron chi connectivity index (χ4n) is 3.95. The minimum atomic E-state index is 0.161. The molecule has 0 atom stereocenters. The highest BCUT2D eigenvalue weighted by molar-refractivity contribution is 5.81. The molecule has 0 spiro atoms. The third kappa shape index (κ3) is 6.31. The van der Waals surface area contributed by atoms with Crippen LogP contribution in [0.15, 0.2) is 48.5 Å². The van der Waals surface area contributed by atoms with Crippen LogP contribution in [-0.4, -0.2) is 74.0 Å². The molecule has 1 aliphatic heterocycles. The lowest BCUT2D eigenvalue weighted by Crippen LogP contribution is -2.41. The van der Waals surface area contributed by atoms with Crippen molar-refractivity contribution in [3.63, 3.8) is 0 Å². The number of hydrogen-bond acceptors (Lipinski definition) is 4. The van der Waals surface area contributed by atoms with E-state index in [2.05, 4.69) is 64.5 Å². The summed E-state index contributed by atoms with van der Waals surface area (Å²) in [6.45, 7) is 8.04. The molecule has 1 aliphatic rings. The number of likely N-dealkylation sites (N-methyl/N-ethyl adjacent to an activating group) is 2. The van der Waals surface area contributed by atoms with E-state index in [4.69, 9.17) is 0 Å². The van der Waals surface area contributed by atoms with Crippen LogP contribution in [0, 0.1) is 0 Å². The zero-order valence-corrected chi connectivity index (χ0v) is 18.7. The molecule has 2 aromatic carbocycles. The molecule has 1 amide bonds. The fraction of sp³-hybridized carbons (Fsp3) is 0.480. The monoisotopic (exact) mass is 408 g/mol. The minimum Gasteiger partial charge on any atom is -0.376 e. The van der Waals surface area contributed by atoms with Gasteiger partial charge in [0, 0.05) is 38.4 Å². The lowest BCUT2D eigenvalue weighted by Gasteiger charge is -2.30. The highest BCUT2D eigenvalue weighted by Gasteiger charge is 2.19. The number of fused-ring (bicyclic) bond motifs is 1. The van der Waals surface area contributed by atoms with Crippen molar-refractivity contribution in [2.45, 2.75) is 26.3 Å². The lowest BCUT2D eigenvalue weighted by molar-refractivity contribution is -0.129. The van der Waals surface area contributed by atoms with Gasteiger partial charge in [-0.15, -0.1) is 0 Å². The maximum Gasteiger partial charge on any atom is 0.241 e. The van der Waals surface area contributed by atoms with E-state index in [0.29, 0.717) is 6.54 Å². The quantitative estimate of drug-likeness (QED) is 0.656. The van der Waals surface area contributed by atoms with Gasteiger partial charge in [0.2, 0.25) is 5.91 Å². The molecule has 1 N–H and O–H groups in total. The molecule has 0 aromatic heterocycles. The zero-order chi connectivity index (χ0) is 21.3. The summed E-state index contributed by atoms with van der Waals surface area (Å²) in [5.41, 5.74) is 5.13. The minimum absolute atomic E-state index is 0.161. The summed E-state index contributed by atoms with van der Waals surface area (Å²) in [6.07, 6.45) is 1.96. The topological polar surface area (TPSA) is 38.8 Å². The Labute approximate surface area is 181 Å². The Kier molecular flexibility index (Phi) is 8.29. The van der Waals surface area contributed by atoms with E-state index in [9.17, 15) is 4.79 Å². The fourth-order valence-corrected chi connectivity index (χ4v) is 3.95. The molecule has 3 rings (SSSR count). The van der Waals surface area contributed by atoms with Crippen LogP contribution in [0.5, 0.6) is 0 Å². The van der Waals surface area contributed by atoms with Crippen molar-refractivity contribution in [2.24, 2.45) is 0 Å². The van der Waals surface area contributed by atoms with Crippen LogP contribution >= 0.6 is 0 Å². The molecule has 0 aliphatic carbocycles. The molecule has 0 bridgehead atoms. The van der Waals surface area contributed by atoms with E-state index >= 15 is 0 Å². The SMILES string of the molecule is CCN1CCc2cccc(NCC(=O)N(CCc3ccccc3)CCN(C)C)c2C1. The Hall–Kier alpha value is -2.37. The summed E-state index contributed by atoms with van der Waals surface area (Å²) >= 11 is 0. The van der Waals surface area contributed by atoms with Gasteiger partial charge in [0.05, 0.1) is 6.54 Å². The van der Waals surface area contributed by atoms with Gasteiger partial charge in [0.15, 0.2) is 0 Å². The number of nitrogens with zero attached hydrogens (tertiary/aromatic N) is 3. The molecule has 30 heavy (non-hydrogen) atoms. The molecule has 0 saturated carbocycles. The zero-order valence-electron chi connectivity index (χ0n) is 18.7. The first-order valence-corrected chi connectivity index (χ1v) is 11.1. The Balaban J connectivity index is 1.62.